The topological polar surface area (TPSA) is 185 Å². The zero-order valence-electron chi connectivity index (χ0n) is 34.3. The molecule has 0 radical (unpaired) electrons. The van der Waals surface area contributed by atoms with Crippen LogP contribution in [0.15, 0.2) is 68.0 Å². The molecule has 5 amide bonds. The van der Waals surface area contributed by atoms with E-state index in [9.17, 15) is 24.0 Å². The number of anilines is 1. The van der Waals surface area contributed by atoms with E-state index in [1.807, 2.05) is 80.9 Å². The highest BCUT2D eigenvalue weighted by Gasteiger charge is 2.46. The third kappa shape index (κ3) is 16.9. The van der Waals surface area contributed by atoms with Gasteiger partial charge >= 0.3 is 6.09 Å². The number of likely N-dealkylation sites (N-methyl/N-ethyl adjacent to an activating group) is 1. The minimum atomic E-state index is -1.04. The van der Waals surface area contributed by atoms with Crippen LogP contribution in [0.25, 0.3) is 5.69 Å². The van der Waals surface area contributed by atoms with Gasteiger partial charge in [-0.15, -0.1) is 6.58 Å². The molecule has 0 spiro atoms. The Labute approximate surface area is 331 Å². The van der Waals surface area contributed by atoms with Gasteiger partial charge in [-0.2, -0.15) is 0 Å². The summed E-state index contributed by atoms with van der Waals surface area (Å²) in [5.41, 5.74) is -0.114. The van der Waals surface area contributed by atoms with Crippen molar-refractivity contribution in [2.45, 2.75) is 111 Å². The maximum absolute atomic E-state index is 14.2. The number of ether oxygens (including phenoxy) is 1. The van der Waals surface area contributed by atoms with Gasteiger partial charge in [0, 0.05) is 32.4 Å². The lowest BCUT2D eigenvalue weighted by atomic mass is 9.85. The molecule has 4 N–H and O–H groups in total. The van der Waals surface area contributed by atoms with Gasteiger partial charge in [-0.1, -0.05) is 58.7 Å². The number of nitrogens with zero attached hydrogens (tertiary/aromatic N) is 2. The van der Waals surface area contributed by atoms with Crippen molar-refractivity contribution in [3.05, 3.63) is 68.0 Å². The summed E-state index contributed by atoms with van der Waals surface area (Å²) in [6.07, 6.45) is 8.69. The van der Waals surface area contributed by atoms with Crippen LogP contribution in [0, 0.1) is 17.3 Å². The quantitative estimate of drug-likeness (QED) is 0.163. The minimum absolute atomic E-state index is 0.0442. The monoisotopic (exact) mass is 778 g/mol. The molecule has 0 bridgehead atoms. The van der Waals surface area contributed by atoms with Crippen molar-refractivity contribution in [2.75, 3.05) is 18.9 Å². The van der Waals surface area contributed by atoms with Crippen LogP contribution in [0.3, 0.4) is 0 Å². The predicted molar refractivity (Wildman–Crippen MR) is 218 cm³/mol. The summed E-state index contributed by atoms with van der Waals surface area (Å²) in [6.45, 7) is 21.4. The Morgan fingerprint density at radius 2 is 1.55 bits per heavy atom. The summed E-state index contributed by atoms with van der Waals surface area (Å²) in [5.74, 6) is 0.333. The fourth-order valence-corrected chi connectivity index (χ4v) is 5.73. The molecule has 2 aliphatic rings. The first-order chi connectivity index (χ1) is 26.3. The van der Waals surface area contributed by atoms with Crippen LogP contribution in [0.4, 0.5) is 10.5 Å². The van der Waals surface area contributed by atoms with Crippen LogP contribution in [-0.4, -0.2) is 89.2 Å². The second-order valence-electron chi connectivity index (χ2n) is 15.8. The van der Waals surface area contributed by atoms with Crippen LogP contribution in [0.5, 0.6) is 0 Å². The summed E-state index contributed by atoms with van der Waals surface area (Å²) >= 11 is 0. The third-order valence-electron chi connectivity index (χ3n) is 8.69. The Morgan fingerprint density at radius 3 is 2.05 bits per heavy atom. The molecule has 1 saturated carbocycles. The zero-order chi connectivity index (χ0) is 42.6. The second kappa shape index (κ2) is 23.4. The molecule has 2 fully saturated rings. The summed E-state index contributed by atoms with van der Waals surface area (Å²) in [6, 6.07) is 8.35. The first kappa shape index (κ1) is 48.5. The number of alkyl carbamates (subject to hydrolysis) is 1. The zero-order valence-corrected chi connectivity index (χ0v) is 34.3. The number of allylic oxidation sites excluding steroid dienone is 1. The van der Waals surface area contributed by atoms with E-state index in [0.717, 1.165) is 11.6 Å². The summed E-state index contributed by atoms with van der Waals surface area (Å²) in [4.78, 5) is 84.8. The SMILES string of the molecule is C=C=O.C=CCCC(NC(=O)C1CC(CC(=O)Nc2ccccc2-n2cccc2)CN1C(=O)C(NC(=O)OC(C)(C)C)C(C)(C)C)C(=O)NC.C=O.CC1CC1. The van der Waals surface area contributed by atoms with Crippen molar-refractivity contribution in [1.29, 1.82) is 0 Å². The number of hydrogen-bond acceptors (Lipinski definition) is 8. The number of likely N-dealkylation sites (tertiary alicyclic amines) is 1. The van der Waals surface area contributed by atoms with Gasteiger partial charge in [-0.05, 0) is 88.1 Å². The van der Waals surface area contributed by atoms with E-state index < -0.39 is 47.0 Å². The lowest BCUT2D eigenvalue weighted by Gasteiger charge is -2.36. The molecule has 4 atom stereocenters. The Kier molecular flexibility index (Phi) is 20.3. The number of benzene rings is 1. The minimum Gasteiger partial charge on any atom is -0.444 e. The average molecular weight is 779 g/mol. The summed E-state index contributed by atoms with van der Waals surface area (Å²) in [5, 5.41) is 11.1. The molecule has 308 valence electrons. The van der Waals surface area contributed by atoms with Gasteiger partial charge in [0.2, 0.25) is 23.6 Å². The molecule has 1 aliphatic carbocycles. The molecule has 14 heteroatoms. The first-order valence-electron chi connectivity index (χ1n) is 18.7. The maximum atomic E-state index is 14.2. The maximum Gasteiger partial charge on any atom is 0.408 e. The molecule has 2 heterocycles. The van der Waals surface area contributed by atoms with Crippen LogP contribution in [0.1, 0.15) is 87.0 Å². The Morgan fingerprint density at radius 1 is 0.982 bits per heavy atom. The van der Waals surface area contributed by atoms with Crippen molar-refractivity contribution < 1.29 is 38.3 Å². The fourth-order valence-electron chi connectivity index (χ4n) is 5.73. The van der Waals surface area contributed by atoms with Gasteiger partial charge in [0.05, 0.1) is 11.4 Å². The first-order valence-corrected chi connectivity index (χ1v) is 18.7. The standard InChI is InChI=1S/C35H50N6O6.C4H8.C2H2O.CH2O/c1-9-10-15-25(30(43)36-8)38-31(44)27-20-23(21-28(42)37-24-16-11-12-17-26(24)40-18-13-14-19-40)22-41(27)32(45)29(34(2,3)4)39-33(46)47-35(5,6)7;1-4-2-3-4;1-2-3;1-2/h9,11-14,16-19,23,25,27,29H,1,10,15,20-22H2,2-8H3,(H,36,43)(H,37,42)(H,38,44)(H,39,46);4H,2-3H2,1H3;1H2;1H2. The van der Waals surface area contributed by atoms with Crippen LogP contribution >= 0.6 is 0 Å². The van der Waals surface area contributed by atoms with E-state index >= 15 is 0 Å². The van der Waals surface area contributed by atoms with Crippen LogP contribution in [0.2, 0.25) is 0 Å². The molecule has 4 unspecified atom stereocenters. The Balaban J connectivity index is 0.00000156. The number of nitrogens with one attached hydrogen (secondary N) is 4. The van der Waals surface area contributed by atoms with Gasteiger partial charge < -0.3 is 40.3 Å². The highest BCUT2D eigenvalue weighted by molar-refractivity contribution is 5.96. The van der Waals surface area contributed by atoms with Crippen LogP contribution in [-0.2, 0) is 33.5 Å². The highest BCUT2D eigenvalue weighted by atomic mass is 16.6. The van der Waals surface area contributed by atoms with Crippen molar-refractivity contribution >= 4 is 48.1 Å². The van der Waals surface area contributed by atoms with Gasteiger partial charge in [0.15, 0.2) is 0 Å². The molecule has 1 aromatic carbocycles. The molecule has 56 heavy (non-hydrogen) atoms. The Hall–Kier alpha value is -5.49. The molecular weight excluding hydrogens is 716 g/mol. The third-order valence-corrected chi connectivity index (χ3v) is 8.69. The smallest absolute Gasteiger partial charge is 0.408 e. The van der Waals surface area contributed by atoms with E-state index in [-0.39, 0.29) is 37.1 Å². The number of para-hydroxylation sites is 2. The van der Waals surface area contributed by atoms with Gasteiger partial charge in [-0.3, -0.25) is 19.2 Å². The highest BCUT2D eigenvalue weighted by Crippen LogP contribution is 2.31. The van der Waals surface area contributed by atoms with Gasteiger partial charge in [0.25, 0.3) is 0 Å². The molecule has 1 aliphatic heterocycles. The van der Waals surface area contributed by atoms with E-state index in [4.69, 9.17) is 14.3 Å². The number of amides is 5. The van der Waals surface area contributed by atoms with E-state index in [0.29, 0.717) is 18.5 Å². The second-order valence-corrected chi connectivity index (χ2v) is 15.8. The van der Waals surface area contributed by atoms with Crippen molar-refractivity contribution in [3.8, 4) is 5.69 Å². The molecule has 4 rings (SSSR count). The van der Waals surface area contributed by atoms with Crippen molar-refractivity contribution in [1.82, 2.24) is 25.4 Å². The number of carbonyl (C=O) groups is 6. The lowest BCUT2D eigenvalue weighted by molar-refractivity contribution is -0.142. The molecule has 2 aromatic rings. The number of hydrogen-bond donors (Lipinski definition) is 4. The normalized spacial score (nSPS) is 16.9. The Bertz CT molecular complexity index is 1620. The average Bonchev–Trinajstić information content (AvgIpc) is 3.53. The number of rotatable bonds is 12. The van der Waals surface area contributed by atoms with Crippen LogP contribution < -0.4 is 21.3 Å². The molecular formula is C42H62N6O8. The van der Waals surface area contributed by atoms with Gasteiger partial charge in [-0.25, -0.2) is 9.59 Å². The molecule has 1 saturated heterocycles. The molecule has 14 nitrogen and oxygen atoms in total. The number of aromatic nitrogens is 1. The van der Waals surface area contributed by atoms with Crippen molar-refractivity contribution in [2.24, 2.45) is 17.3 Å². The van der Waals surface area contributed by atoms with Gasteiger partial charge in [0.1, 0.15) is 36.5 Å². The molecule has 1 aromatic heterocycles. The van der Waals surface area contributed by atoms with E-state index in [1.165, 1.54) is 30.7 Å². The van der Waals surface area contributed by atoms with E-state index in [1.54, 1.807) is 26.8 Å². The summed E-state index contributed by atoms with van der Waals surface area (Å²) < 4.78 is 7.33. The van der Waals surface area contributed by atoms with Crippen molar-refractivity contribution in [3.63, 3.8) is 0 Å². The predicted octanol–water partition coefficient (Wildman–Crippen LogP) is 5.39. The largest absolute Gasteiger partial charge is 0.444 e. The number of carbonyl (C=O) groups excluding carboxylic acids is 7. The fraction of sp³-hybridized carbons (Fsp3) is 0.524. The lowest BCUT2D eigenvalue weighted by Crippen LogP contribution is -2.59. The summed E-state index contributed by atoms with van der Waals surface area (Å²) in [7, 11) is 1.49. The van der Waals surface area contributed by atoms with E-state index in [2.05, 4.69) is 41.3 Å².